The molecule has 0 aliphatic rings. The fourth-order valence-electron chi connectivity index (χ4n) is 3.99. The minimum atomic E-state index is -1.07. The van der Waals surface area contributed by atoms with Gasteiger partial charge in [0.2, 0.25) is 11.8 Å². The van der Waals surface area contributed by atoms with Crippen LogP contribution in [0.2, 0.25) is 0 Å². The molecule has 0 heterocycles. The Bertz CT molecular complexity index is 1220. The molecule has 0 fully saturated rings. The minimum Gasteiger partial charge on any atom is -0.463 e. The van der Waals surface area contributed by atoms with Crippen LogP contribution in [0.1, 0.15) is 38.3 Å². The highest BCUT2D eigenvalue weighted by molar-refractivity contribution is 5.92. The van der Waals surface area contributed by atoms with E-state index in [-0.39, 0.29) is 32.1 Å². The van der Waals surface area contributed by atoms with Crippen LogP contribution < -0.4 is 27.0 Å². The SMILES string of the molecule is CCOC(=O)/C=C/[C@H](CNC(N)=O)NC(=O)[C@H](Cc1ccccc1)NC(=O)[C@H](CC(C)C)NC(=O)OCc1ccccc1. The summed E-state index contributed by atoms with van der Waals surface area (Å²) in [4.78, 5) is 62.7. The Kier molecular flexibility index (Phi) is 14.8. The summed E-state index contributed by atoms with van der Waals surface area (Å²) in [5.74, 6) is -1.76. The maximum absolute atomic E-state index is 13.5. The second kappa shape index (κ2) is 18.5. The van der Waals surface area contributed by atoms with Crippen molar-refractivity contribution in [1.82, 2.24) is 21.3 Å². The summed E-state index contributed by atoms with van der Waals surface area (Å²) in [6, 6.07) is 14.5. The van der Waals surface area contributed by atoms with Crippen LogP contribution in [0.25, 0.3) is 0 Å². The van der Waals surface area contributed by atoms with Gasteiger partial charge in [-0.1, -0.05) is 80.6 Å². The molecule has 2 aromatic rings. The van der Waals surface area contributed by atoms with Crippen molar-refractivity contribution < 1.29 is 33.4 Å². The number of nitrogens with two attached hydrogens (primary N) is 1. The van der Waals surface area contributed by atoms with Crippen LogP contribution in [0, 0.1) is 5.92 Å². The fourth-order valence-corrected chi connectivity index (χ4v) is 3.99. The van der Waals surface area contributed by atoms with E-state index >= 15 is 0 Å². The molecule has 43 heavy (non-hydrogen) atoms. The molecule has 12 nitrogen and oxygen atoms in total. The van der Waals surface area contributed by atoms with Gasteiger partial charge < -0.3 is 36.5 Å². The van der Waals surface area contributed by atoms with Gasteiger partial charge in [-0.3, -0.25) is 9.59 Å². The summed E-state index contributed by atoms with van der Waals surface area (Å²) >= 11 is 0. The molecular weight excluding hydrogens is 554 g/mol. The minimum absolute atomic E-state index is 0.0295. The molecule has 5 amide bonds. The van der Waals surface area contributed by atoms with E-state index in [0.29, 0.717) is 6.42 Å². The molecule has 0 saturated carbocycles. The normalized spacial score (nSPS) is 12.9. The molecule has 0 saturated heterocycles. The van der Waals surface area contributed by atoms with Crippen LogP contribution in [0.15, 0.2) is 72.8 Å². The number of rotatable bonds is 16. The first kappa shape index (κ1) is 34.3. The number of benzene rings is 2. The van der Waals surface area contributed by atoms with Gasteiger partial charge in [-0.15, -0.1) is 0 Å². The molecule has 0 bridgehead atoms. The highest BCUT2D eigenvalue weighted by Crippen LogP contribution is 2.09. The van der Waals surface area contributed by atoms with Crippen LogP contribution in [0.5, 0.6) is 0 Å². The Morgan fingerprint density at radius 1 is 0.814 bits per heavy atom. The standard InChI is InChI=1S/C31H41N5O7/c1-4-42-27(37)16-15-24(19-33-30(32)40)34-28(38)26(18-22-11-7-5-8-12-22)35-29(39)25(17-21(2)3)36-31(41)43-20-23-13-9-6-10-14-23/h5-16,21,24-26H,4,17-20H2,1-3H3,(H,34,38)(H,35,39)(H,36,41)(H3,32,33,40)/b16-15+/t24-,25+,26+/m1/s1. The van der Waals surface area contributed by atoms with Crippen LogP contribution in [0.4, 0.5) is 9.59 Å². The number of hydrogen-bond acceptors (Lipinski definition) is 7. The highest BCUT2D eigenvalue weighted by Gasteiger charge is 2.29. The highest BCUT2D eigenvalue weighted by atomic mass is 16.5. The largest absolute Gasteiger partial charge is 0.463 e. The van der Waals surface area contributed by atoms with E-state index in [2.05, 4.69) is 21.3 Å². The Balaban J connectivity index is 2.20. The second-order valence-electron chi connectivity index (χ2n) is 10.1. The predicted octanol–water partition coefficient (Wildman–Crippen LogP) is 2.33. The lowest BCUT2D eigenvalue weighted by Crippen LogP contribution is -2.56. The molecular formula is C31H41N5O7. The number of esters is 1. The average molecular weight is 596 g/mol. The summed E-state index contributed by atoms with van der Waals surface area (Å²) in [6.45, 7) is 5.53. The van der Waals surface area contributed by atoms with Crippen molar-refractivity contribution in [3.8, 4) is 0 Å². The van der Waals surface area contributed by atoms with Crippen LogP contribution in [-0.4, -0.2) is 61.2 Å². The number of carbonyl (C=O) groups excluding carboxylic acids is 5. The monoisotopic (exact) mass is 595 g/mol. The van der Waals surface area contributed by atoms with Crippen LogP contribution in [0.3, 0.4) is 0 Å². The number of primary amides is 1. The third-order valence-electron chi connectivity index (χ3n) is 6.02. The number of amides is 5. The molecule has 0 aliphatic heterocycles. The Labute approximate surface area is 251 Å². The molecule has 3 atom stereocenters. The van der Waals surface area contributed by atoms with E-state index in [1.807, 2.05) is 62.4 Å². The molecule has 2 rings (SSSR count). The number of nitrogens with one attached hydrogen (secondary N) is 4. The van der Waals surface area contributed by atoms with Gasteiger partial charge in [-0.05, 0) is 30.4 Å². The van der Waals surface area contributed by atoms with Gasteiger partial charge >= 0.3 is 18.1 Å². The zero-order valence-electron chi connectivity index (χ0n) is 24.7. The maximum atomic E-state index is 13.5. The number of carbonyl (C=O) groups is 5. The molecule has 6 N–H and O–H groups in total. The third kappa shape index (κ3) is 14.0. The Morgan fingerprint density at radius 2 is 1.42 bits per heavy atom. The van der Waals surface area contributed by atoms with E-state index in [1.165, 1.54) is 6.08 Å². The van der Waals surface area contributed by atoms with E-state index in [0.717, 1.165) is 17.2 Å². The van der Waals surface area contributed by atoms with Crippen LogP contribution >= 0.6 is 0 Å². The predicted molar refractivity (Wildman–Crippen MR) is 160 cm³/mol. The number of ether oxygens (including phenoxy) is 2. The molecule has 0 spiro atoms. The van der Waals surface area contributed by atoms with Gasteiger partial charge in [-0.2, -0.15) is 0 Å². The van der Waals surface area contributed by atoms with Gasteiger partial charge in [0.25, 0.3) is 0 Å². The van der Waals surface area contributed by atoms with Gasteiger partial charge in [0.1, 0.15) is 18.7 Å². The van der Waals surface area contributed by atoms with Crippen molar-refractivity contribution >= 4 is 29.9 Å². The summed E-state index contributed by atoms with van der Waals surface area (Å²) in [5, 5.41) is 10.5. The Morgan fingerprint density at radius 3 is 2.00 bits per heavy atom. The van der Waals surface area contributed by atoms with Crippen LogP contribution in [-0.2, 0) is 36.9 Å². The van der Waals surface area contributed by atoms with Gasteiger partial charge in [-0.25, -0.2) is 14.4 Å². The van der Waals surface area contributed by atoms with E-state index < -0.39 is 48.0 Å². The summed E-state index contributed by atoms with van der Waals surface area (Å²) in [6.07, 6.45) is 2.14. The smallest absolute Gasteiger partial charge is 0.408 e. The lowest BCUT2D eigenvalue weighted by atomic mass is 10.0. The van der Waals surface area contributed by atoms with Gasteiger partial charge in [0, 0.05) is 19.0 Å². The van der Waals surface area contributed by atoms with Crippen molar-refractivity contribution in [2.45, 2.75) is 58.3 Å². The van der Waals surface area contributed by atoms with Crippen molar-refractivity contribution in [1.29, 1.82) is 0 Å². The first-order chi connectivity index (χ1) is 20.6. The third-order valence-corrected chi connectivity index (χ3v) is 6.02. The second-order valence-corrected chi connectivity index (χ2v) is 10.1. The Hall–Kier alpha value is -4.87. The summed E-state index contributed by atoms with van der Waals surface area (Å²) < 4.78 is 10.2. The number of urea groups is 1. The number of alkyl carbamates (subject to hydrolysis) is 1. The van der Waals surface area contributed by atoms with Gasteiger partial charge in [0.05, 0.1) is 12.6 Å². The van der Waals surface area contributed by atoms with Crippen molar-refractivity contribution in [3.63, 3.8) is 0 Å². The maximum Gasteiger partial charge on any atom is 0.408 e. The summed E-state index contributed by atoms with van der Waals surface area (Å²) in [7, 11) is 0. The van der Waals surface area contributed by atoms with E-state index in [9.17, 15) is 24.0 Å². The zero-order chi connectivity index (χ0) is 31.6. The van der Waals surface area contributed by atoms with Gasteiger partial charge in [0.15, 0.2) is 0 Å². The van der Waals surface area contributed by atoms with E-state index in [1.54, 1.807) is 19.1 Å². The quantitative estimate of drug-likeness (QED) is 0.146. The molecule has 0 unspecified atom stereocenters. The molecule has 0 aromatic heterocycles. The molecule has 232 valence electrons. The van der Waals surface area contributed by atoms with Crippen molar-refractivity contribution in [3.05, 3.63) is 83.9 Å². The topological polar surface area (TPSA) is 178 Å². The number of hydrogen-bond donors (Lipinski definition) is 5. The first-order valence-corrected chi connectivity index (χ1v) is 14.1. The molecule has 0 aliphatic carbocycles. The molecule has 12 heteroatoms. The van der Waals surface area contributed by atoms with E-state index in [4.69, 9.17) is 15.2 Å². The van der Waals surface area contributed by atoms with Crippen molar-refractivity contribution in [2.75, 3.05) is 13.2 Å². The van der Waals surface area contributed by atoms with Crippen molar-refractivity contribution in [2.24, 2.45) is 11.7 Å². The molecule has 0 radical (unpaired) electrons. The zero-order valence-corrected chi connectivity index (χ0v) is 24.7. The molecule has 2 aromatic carbocycles. The first-order valence-electron chi connectivity index (χ1n) is 14.1. The fraction of sp³-hybridized carbons (Fsp3) is 0.387. The lowest BCUT2D eigenvalue weighted by Gasteiger charge is -2.25. The summed E-state index contributed by atoms with van der Waals surface area (Å²) in [5.41, 5.74) is 6.75. The lowest BCUT2D eigenvalue weighted by molar-refractivity contribution is -0.137. The average Bonchev–Trinajstić information content (AvgIpc) is 2.97.